The van der Waals surface area contributed by atoms with Crippen molar-refractivity contribution in [1.82, 2.24) is 9.79 Å². The van der Waals surface area contributed by atoms with E-state index in [2.05, 4.69) is 4.72 Å². The molecule has 2 atom stereocenters. The Labute approximate surface area is 190 Å². The predicted molar refractivity (Wildman–Crippen MR) is 114 cm³/mol. The van der Waals surface area contributed by atoms with E-state index >= 15 is 0 Å². The Balaban J connectivity index is 1.88. The van der Waals surface area contributed by atoms with Crippen molar-refractivity contribution < 1.29 is 40.6 Å². The van der Waals surface area contributed by atoms with Crippen LogP contribution in [0.1, 0.15) is 22.7 Å². The van der Waals surface area contributed by atoms with E-state index in [1.54, 1.807) is 19.2 Å². The molecule has 12 heteroatoms. The van der Waals surface area contributed by atoms with Crippen molar-refractivity contribution in [2.24, 2.45) is 0 Å². The van der Waals surface area contributed by atoms with Crippen LogP contribution in [0.4, 0.5) is 13.2 Å². The first-order valence-corrected chi connectivity index (χ1v) is 11.4. The SMILES string of the molecule is COc1cc([C@@H]2[C@H](S(=O)(=O)NCc3cccc(C(F)(F)F)c3)CON2C)cc(OC)c1OC. The van der Waals surface area contributed by atoms with E-state index < -0.39 is 33.1 Å². The average Bonchev–Trinajstić information content (AvgIpc) is 3.18. The summed E-state index contributed by atoms with van der Waals surface area (Å²) in [4.78, 5) is 5.49. The maximum Gasteiger partial charge on any atom is 0.416 e. The molecule has 0 amide bonds. The second-order valence-electron chi connectivity index (χ2n) is 7.35. The van der Waals surface area contributed by atoms with Gasteiger partial charge in [0, 0.05) is 13.6 Å². The minimum Gasteiger partial charge on any atom is -0.493 e. The fourth-order valence-corrected chi connectivity index (χ4v) is 5.19. The Kier molecular flexibility index (Phi) is 7.42. The van der Waals surface area contributed by atoms with E-state index in [0.29, 0.717) is 22.8 Å². The highest BCUT2D eigenvalue weighted by atomic mass is 32.2. The summed E-state index contributed by atoms with van der Waals surface area (Å²) in [5, 5.41) is 0.366. The van der Waals surface area contributed by atoms with Gasteiger partial charge in [0.25, 0.3) is 0 Å². The molecular weight excluding hydrogens is 465 g/mol. The minimum atomic E-state index is -4.52. The lowest BCUT2D eigenvalue weighted by Gasteiger charge is -2.25. The molecule has 2 aromatic carbocycles. The number of nitrogens with zero attached hydrogens (tertiary/aromatic N) is 1. The third-order valence-corrected chi connectivity index (χ3v) is 7.08. The topological polar surface area (TPSA) is 86.3 Å². The third-order valence-electron chi connectivity index (χ3n) is 5.35. The van der Waals surface area contributed by atoms with Gasteiger partial charge in [0.1, 0.15) is 5.25 Å². The molecule has 182 valence electrons. The van der Waals surface area contributed by atoms with Crippen LogP contribution in [0.2, 0.25) is 0 Å². The number of halogens is 3. The highest BCUT2D eigenvalue weighted by molar-refractivity contribution is 7.90. The van der Waals surface area contributed by atoms with Crippen LogP contribution >= 0.6 is 0 Å². The minimum absolute atomic E-state index is 0.143. The molecule has 1 heterocycles. The van der Waals surface area contributed by atoms with Crippen molar-refractivity contribution in [2.45, 2.75) is 24.0 Å². The van der Waals surface area contributed by atoms with Gasteiger partial charge in [-0.3, -0.25) is 4.84 Å². The van der Waals surface area contributed by atoms with Crippen LogP contribution in [-0.2, 0) is 27.6 Å². The molecule has 0 unspecified atom stereocenters. The quantitative estimate of drug-likeness (QED) is 0.609. The second-order valence-corrected chi connectivity index (χ2v) is 9.33. The van der Waals surface area contributed by atoms with Crippen molar-refractivity contribution in [3.05, 3.63) is 53.1 Å². The van der Waals surface area contributed by atoms with Gasteiger partial charge >= 0.3 is 6.18 Å². The maximum atomic E-state index is 13.1. The molecule has 3 rings (SSSR count). The molecular formula is C21H25F3N2O6S. The van der Waals surface area contributed by atoms with Gasteiger partial charge in [-0.15, -0.1) is 0 Å². The lowest BCUT2D eigenvalue weighted by atomic mass is 10.0. The summed E-state index contributed by atoms with van der Waals surface area (Å²) in [7, 11) is 1.94. The lowest BCUT2D eigenvalue weighted by molar-refractivity contribution is -0.137. The van der Waals surface area contributed by atoms with Crippen LogP contribution in [-0.4, -0.2) is 53.7 Å². The Morgan fingerprint density at radius 3 is 2.27 bits per heavy atom. The summed E-state index contributed by atoms with van der Waals surface area (Å²) in [5.41, 5.74) is -0.123. The second kappa shape index (κ2) is 9.75. The van der Waals surface area contributed by atoms with Crippen molar-refractivity contribution in [3.8, 4) is 17.2 Å². The molecule has 1 aliphatic heterocycles. The number of hydrogen-bond acceptors (Lipinski definition) is 7. The van der Waals surface area contributed by atoms with Gasteiger partial charge in [0.15, 0.2) is 11.5 Å². The van der Waals surface area contributed by atoms with Gasteiger partial charge in [0.05, 0.1) is 39.5 Å². The van der Waals surface area contributed by atoms with Crippen LogP contribution in [0.3, 0.4) is 0 Å². The van der Waals surface area contributed by atoms with Crippen LogP contribution in [0.5, 0.6) is 17.2 Å². The first-order valence-electron chi connectivity index (χ1n) is 9.82. The standard InChI is InChI=1S/C21H25F3N2O6S/c1-26-19(14-9-16(29-2)20(31-4)17(10-14)30-3)18(12-32-26)33(27,28)25-11-13-6-5-7-15(8-13)21(22,23)24/h5-10,18-19,25H,11-12H2,1-4H3/t18-,19-/m1/s1. The summed E-state index contributed by atoms with van der Waals surface area (Å²) in [6, 6.07) is 7.02. The molecule has 1 N–H and O–H groups in total. The molecule has 1 aliphatic rings. The Hall–Kier alpha value is -2.54. The van der Waals surface area contributed by atoms with Gasteiger partial charge in [-0.25, -0.2) is 13.1 Å². The van der Waals surface area contributed by atoms with Crippen molar-refractivity contribution in [1.29, 1.82) is 0 Å². The number of alkyl halides is 3. The van der Waals surface area contributed by atoms with E-state index in [9.17, 15) is 21.6 Å². The summed E-state index contributed by atoms with van der Waals surface area (Å²) in [5.74, 6) is 1.05. The number of nitrogens with one attached hydrogen (secondary N) is 1. The van der Waals surface area contributed by atoms with E-state index in [1.807, 2.05) is 0 Å². The molecule has 0 spiro atoms. The van der Waals surface area contributed by atoms with Gasteiger partial charge < -0.3 is 14.2 Å². The number of rotatable bonds is 8. The van der Waals surface area contributed by atoms with Gasteiger partial charge in [-0.2, -0.15) is 18.2 Å². The monoisotopic (exact) mass is 490 g/mol. The molecule has 1 fully saturated rings. The van der Waals surface area contributed by atoms with Crippen LogP contribution in [0.15, 0.2) is 36.4 Å². The number of methoxy groups -OCH3 is 3. The first kappa shape index (κ1) is 25.1. The van der Waals surface area contributed by atoms with E-state index in [4.69, 9.17) is 19.0 Å². The predicted octanol–water partition coefficient (Wildman–Crippen LogP) is 3.14. The zero-order chi connectivity index (χ0) is 24.4. The summed E-state index contributed by atoms with van der Waals surface area (Å²) < 4.78 is 83.6. The highest BCUT2D eigenvalue weighted by Gasteiger charge is 2.44. The van der Waals surface area contributed by atoms with E-state index in [1.165, 1.54) is 38.5 Å². The number of ether oxygens (including phenoxy) is 3. The fraction of sp³-hybridized carbons (Fsp3) is 0.429. The smallest absolute Gasteiger partial charge is 0.416 e. The molecule has 0 saturated carbocycles. The Morgan fingerprint density at radius 1 is 1.09 bits per heavy atom. The summed E-state index contributed by atoms with van der Waals surface area (Å²) in [6.07, 6.45) is -4.52. The molecule has 0 aromatic heterocycles. The fourth-order valence-electron chi connectivity index (χ4n) is 3.70. The van der Waals surface area contributed by atoms with E-state index in [0.717, 1.165) is 12.1 Å². The van der Waals surface area contributed by atoms with Gasteiger partial charge in [-0.05, 0) is 29.3 Å². The number of hydrogen-bond donors (Lipinski definition) is 1. The van der Waals surface area contributed by atoms with Crippen molar-refractivity contribution in [2.75, 3.05) is 35.0 Å². The molecule has 8 nitrogen and oxygen atoms in total. The highest BCUT2D eigenvalue weighted by Crippen LogP contribution is 2.43. The zero-order valence-corrected chi connectivity index (χ0v) is 19.3. The van der Waals surface area contributed by atoms with Crippen molar-refractivity contribution in [3.63, 3.8) is 0 Å². The Morgan fingerprint density at radius 2 is 1.73 bits per heavy atom. The van der Waals surface area contributed by atoms with Crippen molar-refractivity contribution >= 4 is 10.0 Å². The summed E-state index contributed by atoms with van der Waals surface area (Å²) in [6.45, 7) is -0.440. The van der Waals surface area contributed by atoms with Crippen LogP contribution in [0, 0.1) is 0 Å². The summed E-state index contributed by atoms with van der Waals surface area (Å²) >= 11 is 0. The Bertz CT molecular complexity index is 1070. The normalized spacial score (nSPS) is 19.5. The molecule has 0 aliphatic carbocycles. The van der Waals surface area contributed by atoms with Crippen LogP contribution in [0.25, 0.3) is 0 Å². The average molecular weight is 491 g/mol. The molecule has 0 radical (unpaired) electrons. The molecule has 0 bridgehead atoms. The number of hydroxylamine groups is 2. The first-order chi connectivity index (χ1) is 15.5. The third kappa shape index (κ3) is 5.35. The van der Waals surface area contributed by atoms with Gasteiger partial charge in [0.2, 0.25) is 15.8 Å². The lowest BCUT2D eigenvalue weighted by Crippen LogP contribution is -2.39. The molecule has 1 saturated heterocycles. The number of benzene rings is 2. The molecule has 2 aromatic rings. The largest absolute Gasteiger partial charge is 0.493 e. The maximum absolute atomic E-state index is 13.1. The van der Waals surface area contributed by atoms with E-state index in [-0.39, 0.29) is 18.7 Å². The zero-order valence-electron chi connectivity index (χ0n) is 18.5. The molecule has 33 heavy (non-hydrogen) atoms. The van der Waals surface area contributed by atoms with Gasteiger partial charge in [-0.1, -0.05) is 18.2 Å². The number of sulfonamides is 1. The van der Waals surface area contributed by atoms with Crippen LogP contribution < -0.4 is 18.9 Å².